The SMILES string of the molecule is O=C(O)CC(O)c1c(F)ccc(Cl)c1F. The molecule has 1 rings (SSSR count). The summed E-state index contributed by atoms with van der Waals surface area (Å²) in [5.74, 6) is -3.52. The lowest BCUT2D eigenvalue weighted by Gasteiger charge is -2.11. The summed E-state index contributed by atoms with van der Waals surface area (Å²) in [6, 6.07) is 1.86. The van der Waals surface area contributed by atoms with E-state index in [1.54, 1.807) is 0 Å². The number of carboxylic acids is 1. The van der Waals surface area contributed by atoms with Crippen LogP contribution in [-0.2, 0) is 4.79 Å². The van der Waals surface area contributed by atoms with Crippen molar-refractivity contribution in [1.29, 1.82) is 0 Å². The van der Waals surface area contributed by atoms with Crippen LogP contribution in [0.1, 0.15) is 18.1 Å². The fraction of sp³-hybridized carbons (Fsp3) is 0.222. The summed E-state index contributed by atoms with van der Waals surface area (Å²) < 4.78 is 26.3. The summed E-state index contributed by atoms with van der Waals surface area (Å²) in [4.78, 5) is 10.3. The van der Waals surface area contributed by atoms with Gasteiger partial charge in [0.25, 0.3) is 0 Å². The monoisotopic (exact) mass is 236 g/mol. The highest BCUT2D eigenvalue weighted by molar-refractivity contribution is 6.30. The molecule has 0 amide bonds. The minimum absolute atomic E-state index is 0.365. The fourth-order valence-electron chi connectivity index (χ4n) is 1.12. The molecule has 0 aromatic heterocycles. The number of carboxylic acid groups (broad SMARTS) is 1. The van der Waals surface area contributed by atoms with Gasteiger partial charge in [0.05, 0.1) is 23.1 Å². The lowest BCUT2D eigenvalue weighted by Crippen LogP contribution is -2.09. The number of aliphatic hydroxyl groups is 1. The molecule has 0 spiro atoms. The predicted octanol–water partition coefficient (Wildman–Crippen LogP) is 2.13. The Labute approximate surface area is 88.9 Å². The molecule has 6 heteroatoms. The van der Waals surface area contributed by atoms with Gasteiger partial charge in [-0.05, 0) is 12.1 Å². The maximum Gasteiger partial charge on any atom is 0.306 e. The average Bonchev–Trinajstić information content (AvgIpc) is 2.11. The van der Waals surface area contributed by atoms with Crippen LogP contribution in [-0.4, -0.2) is 16.2 Å². The molecule has 1 atom stereocenters. The van der Waals surface area contributed by atoms with Gasteiger partial charge in [-0.2, -0.15) is 0 Å². The average molecular weight is 237 g/mol. The highest BCUT2D eigenvalue weighted by atomic mass is 35.5. The molecule has 0 aliphatic heterocycles. The van der Waals surface area contributed by atoms with Gasteiger partial charge in [0.1, 0.15) is 5.82 Å². The van der Waals surface area contributed by atoms with Crippen LogP contribution < -0.4 is 0 Å². The van der Waals surface area contributed by atoms with Gasteiger partial charge in [-0.3, -0.25) is 4.79 Å². The number of aliphatic carboxylic acids is 1. The Bertz CT molecular complexity index is 395. The Balaban J connectivity index is 3.12. The molecule has 1 unspecified atom stereocenters. The summed E-state index contributed by atoms with van der Waals surface area (Å²) in [6.45, 7) is 0. The summed E-state index contributed by atoms with van der Waals surface area (Å²) in [6.07, 6.45) is -2.53. The van der Waals surface area contributed by atoms with Crippen LogP contribution in [0.25, 0.3) is 0 Å². The van der Waals surface area contributed by atoms with Gasteiger partial charge in [0, 0.05) is 0 Å². The van der Waals surface area contributed by atoms with E-state index in [1.165, 1.54) is 0 Å². The first-order valence-corrected chi connectivity index (χ1v) is 4.34. The first-order valence-electron chi connectivity index (χ1n) is 3.96. The number of hydrogen-bond donors (Lipinski definition) is 2. The largest absolute Gasteiger partial charge is 0.481 e. The van der Waals surface area contributed by atoms with Gasteiger partial charge in [0.2, 0.25) is 0 Å². The predicted molar refractivity (Wildman–Crippen MR) is 48.6 cm³/mol. The van der Waals surface area contributed by atoms with Crippen LogP contribution in [0.5, 0.6) is 0 Å². The molecule has 0 radical (unpaired) electrons. The van der Waals surface area contributed by atoms with Gasteiger partial charge in [-0.25, -0.2) is 8.78 Å². The Morgan fingerprint density at radius 2 is 2.07 bits per heavy atom. The minimum atomic E-state index is -1.75. The molecule has 3 nitrogen and oxygen atoms in total. The summed E-state index contributed by atoms with van der Waals surface area (Å²) >= 11 is 5.37. The number of halogens is 3. The second-order valence-corrected chi connectivity index (χ2v) is 3.28. The zero-order valence-electron chi connectivity index (χ0n) is 7.38. The smallest absolute Gasteiger partial charge is 0.306 e. The summed E-state index contributed by atoms with van der Waals surface area (Å²) in [7, 11) is 0. The van der Waals surface area contributed by atoms with Crippen LogP contribution in [0.2, 0.25) is 5.02 Å². The van der Waals surface area contributed by atoms with Crippen molar-refractivity contribution in [2.75, 3.05) is 0 Å². The molecular weight excluding hydrogens is 230 g/mol. The molecule has 0 aliphatic carbocycles. The Kier molecular flexibility index (Phi) is 3.60. The van der Waals surface area contributed by atoms with E-state index >= 15 is 0 Å². The summed E-state index contributed by atoms with van der Waals surface area (Å²) in [5, 5.41) is 17.3. The van der Waals surface area contributed by atoms with Crippen LogP contribution in [0.3, 0.4) is 0 Å². The second kappa shape index (κ2) is 4.55. The van der Waals surface area contributed by atoms with Gasteiger partial charge in [0.15, 0.2) is 5.82 Å². The molecule has 0 saturated heterocycles. The maximum atomic E-state index is 13.2. The Morgan fingerprint density at radius 3 is 2.60 bits per heavy atom. The third-order valence-corrected chi connectivity index (χ3v) is 2.07. The third-order valence-electron chi connectivity index (χ3n) is 1.78. The van der Waals surface area contributed by atoms with Crippen molar-refractivity contribution in [3.05, 3.63) is 34.4 Å². The van der Waals surface area contributed by atoms with E-state index < -0.39 is 35.7 Å². The normalized spacial score (nSPS) is 12.5. The maximum absolute atomic E-state index is 13.2. The third kappa shape index (κ3) is 2.64. The van der Waals surface area contributed by atoms with E-state index in [1.807, 2.05) is 0 Å². The van der Waals surface area contributed by atoms with Crippen molar-refractivity contribution in [1.82, 2.24) is 0 Å². The van der Waals surface area contributed by atoms with Crippen molar-refractivity contribution >= 4 is 17.6 Å². The molecule has 0 bridgehead atoms. The standard InChI is InChI=1S/C9H7ClF2O3/c10-4-1-2-5(11)8(9(4)12)6(13)3-7(14)15/h1-2,6,13H,3H2,(H,14,15). The van der Waals surface area contributed by atoms with E-state index in [9.17, 15) is 18.7 Å². The molecule has 0 saturated carbocycles. The van der Waals surface area contributed by atoms with E-state index in [2.05, 4.69) is 0 Å². The first-order chi connectivity index (χ1) is 6.93. The van der Waals surface area contributed by atoms with Crippen molar-refractivity contribution in [3.63, 3.8) is 0 Å². The molecule has 82 valence electrons. The molecule has 2 N–H and O–H groups in total. The fourth-order valence-corrected chi connectivity index (χ4v) is 1.28. The molecule has 0 heterocycles. The number of benzene rings is 1. The van der Waals surface area contributed by atoms with Crippen LogP contribution in [0, 0.1) is 11.6 Å². The van der Waals surface area contributed by atoms with Gasteiger partial charge < -0.3 is 10.2 Å². The highest BCUT2D eigenvalue weighted by Gasteiger charge is 2.22. The van der Waals surface area contributed by atoms with Crippen molar-refractivity contribution in [2.24, 2.45) is 0 Å². The zero-order chi connectivity index (χ0) is 11.6. The van der Waals surface area contributed by atoms with Crippen molar-refractivity contribution in [2.45, 2.75) is 12.5 Å². The molecule has 1 aromatic rings. The van der Waals surface area contributed by atoms with Crippen molar-refractivity contribution in [3.8, 4) is 0 Å². The quantitative estimate of drug-likeness (QED) is 0.791. The Hall–Kier alpha value is -1.20. The van der Waals surface area contributed by atoms with Gasteiger partial charge in [-0.1, -0.05) is 11.6 Å². The molecule has 0 aliphatic rings. The lowest BCUT2D eigenvalue weighted by atomic mass is 10.1. The number of aliphatic hydroxyl groups excluding tert-OH is 1. The molecular formula is C9H7ClF2O3. The Morgan fingerprint density at radius 1 is 1.47 bits per heavy atom. The topological polar surface area (TPSA) is 57.5 Å². The number of hydrogen-bond acceptors (Lipinski definition) is 2. The van der Waals surface area contributed by atoms with Gasteiger partial charge >= 0.3 is 5.97 Å². The minimum Gasteiger partial charge on any atom is -0.481 e. The molecule has 1 aromatic carbocycles. The van der Waals surface area contributed by atoms with Gasteiger partial charge in [-0.15, -0.1) is 0 Å². The van der Waals surface area contributed by atoms with E-state index in [-0.39, 0.29) is 5.02 Å². The highest BCUT2D eigenvalue weighted by Crippen LogP contribution is 2.27. The summed E-state index contributed by atoms with van der Waals surface area (Å²) in [5.41, 5.74) is -0.718. The number of carbonyl (C=O) groups is 1. The van der Waals surface area contributed by atoms with Crippen LogP contribution in [0.15, 0.2) is 12.1 Å². The van der Waals surface area contributed by atoms with E-state index in [0.717, 1.165) is 12.1 Å². The second-order valence-electron chi connectivity index (χ2n) is 2.87. The molecule has 15 heavy (non-hydrogen) atoms. The van der Waals surface area contributed by atoms with E-state index in [4.69, 9.17) is 16.7 Å². The first kappa shape index (κ1) is 11.9. The van der Waals surface area contributed by atoms with Crippen LogP contribution >= 0.6 is 11.6 Å². The zero-order valence-corrected chi connectivity index (χ0v) is 8.13. The van der Waals surface area contributed by atoms with Crippen LogP contribution in [0.4, 0.5) is 8.78 Å². The molecule has 0 fully saturated rings. The lowest BCUT2D eigenvalue weighted by molar-refractivity contribution is -0.139. The van der Waals surface area contributed by atoms with Crippen molar-refractivity contribution < 1.29 is 23.8 Å². The van der Waals surface area contributed by atoms with E-state index in [0.29, 0.717) is 0 Å². The number of rotatable bonds is 3.